The minimum absolute atomic E-state index is 0.272. The van der Waals surface area contributed by atoms with Gasteiger partial charge in [-0.2, -0.15) is 0 Å². The van der Waals surface area contributed by atoms with Crippen LogP contribution in [0, 0.1) is 0 Å². The molecular weight excluding hydrogens is 273 g/mol. The van der Waals surface area contributed by atoms with E-state index in [-0.39, 0.29) is 5.82 Å². The van der Waals surface area contributed by atoms with Gasteiger partial charge in [0.25, 0.3) is 0 Å². The van der Waals surface area contributed by atoms with Crippen molar-refractivity contribution in [1.82, 2.24) is 19.6 Å². The molecule has 2 heterocycles. The molecule has 18 heavy (non-hydrogen) atoms. The molecule has 2 N–H and O–H groups in total. The van der Waals surface area contributed by atoms with E-state index in [0.29, 0.717) is 21.5 Å². The second kappa shape index (κ2) is 4.12. The molecule has 2 aromatic heterocycles. The molecular formula is C11H7Cl2N5. The van der Waals surface area contributed by atoms with Gasteiger partial charge < -0.3 is 5.73 Å². The highest BCUT2D eigenvalue weighted by molar-refractivity contribution is 6.36. The Morgan fingerprint density at radius 1 is 1.17 bits per heavy atom. The van der Waals surface area contributed by atoms with Gasteiger partial charge in [0.15, 0.2) is 17.3 Å². The summed E-state index contributed by atoms with van der Waals surface area (Å²) in [5.41, 5.74) is 6.97. The van der Waals surface area contributed by atoms with Gasteiger partial charge in [-0.1, -0.05) is 23.2 Å². The molecule has 1 aromatic carbocycles. The Kier molecular flexibility index (Phi) is 2.57. The van der Waals surface area contributed by atoms with Gasteiger partial charge >= 0.3 is 0 Å². The van der Waals surface area contributed by atoms with Crippen LogP contribution >= 0.6 is 23.2 Å². The molecule has 0 aliphatic rings. The lowest BCUT2D eigenvalue weighted by Crippen LogP contribution is -2.03. The largest absolute Gasteiger partial charge is 0.379 e. The number of nitrogen functional groups attached to an aromatic ring is 1. The van der Waals surface area contributed by atoms with Crippen LogP contribution in [0.25, 0.3) is 17.0 Å². The first kappa shape index (κ1) is 11.3. The van der Waals surface area contributed by atoms with Gasteiger partial charge in [0.1, 0.15) is 0 Å². The lowest BCUT2D eigenvalue weighted by molar-refractivity contribution is 0.966. The number of aromatic nitrogens is 4. The number of nitrogens with two attached hydrogens (primary N) is 1. The Morgan fingerprint density at radius 3 is 2.78 bits per heavy atom. The standard InChI is InChI=1S/C11H7Cl2N5/c12-6-1-2-7(8(13)5-6)10-17-16-9(14)11-15-3-4-18(10)11/h1-5H,(H2,14,16). The van der Waals surface area contributed by atoms with Crippen LogP contribution in [0.2, 0.25) is 10.0 Å². The summed E-state index contributed by atoms with van der Waals surface area (Å²) in [6.07, 6.45) is 3.38. The highest BCUT2D eigenvalue weighted by Gasteiger charge is 2.12. The molecule has 0 aliphatic heterocycles. The Labute approximate surface area is 112 Å². The van der Waals surface area contributed by atoms with E-state index in [1.54, 1.807) is 35.0 Å². The molecule has 0 fully saturated rings. The Bertz CT molecular complexity index is 737. The quantitative estimate of drug-likeness (QED) is 0.744. The maximum absolute atomic E-state index is 6.15. The fourth-order valence-electron chi connectivity index (χ4n) is 1.71. The maximum atomic E-state index is 6.15. The second-order valence-electron chi connectivity index (χ2n) is 3.65. The van der Waals surface area contributed by atoms with Crippen LogP contribution in [0.3, 0.4) is 0 Å². The highest BCUT2D eigenvalue weighted by atomic mass is 35.5. The number of fused-ring (bicyclic) bond motifs is 1. The van der Waals surface area contributed by atoms with Gasteiger partial charge in [-0.25, -0.2) is 4.98 Å². The van der Waals surface area contributed by atoms with Crippen LogP contribution in [0.4, 0.5) is 5.82 Å². The number of halogens is 2. The predicted octanol–water partition coefficient (Wildman–Crippen LogP) is 2.68. The number of hydrogen-bond donors (Lipinski definition) is 1. The van der Waals surface area contributed by atoms with Crippen LogP contribution in [-0.4, -0.2) is 19.6 Å². The molecule has 0 amide bonds. The van der Waals surface area contributed by atoms with E-state index in [1.807, 2.05) is 0 Å². The molecule has 5 nitrogen and oxygen atoms in total. The normalized spacial score (nSPS) is 11.0. The molecule has 0 atom stereocenters. The van der Waals surface area contributed by atoms with Gasteiger partial charge in [0.2, 0.25) is 0 Å². The molecule has 3 rings (SSSR count). The summed E-state index contributed by atoms with van der Waals surface area (Å²) in [6.45, 7) is 0. The summed E-state index contributed by atoms with van der Waals surface area (Å²) in [4.78, 5) is 4.12. The van der Waals surface area contributed by atoms with E-state index < -0.39 is 0 Å². The first-order valence-corrected chi connectivity index (χ1v) is 5.83. The monoisotopic (exact) mass is 279 g/mol. The third kappa shape index (κ3) is 1.68. The van der Waals surface area contributed by atoms with Crippen molar-refractivity contribution in [3.63, 3.8) is 0 Å². The van der Waals surface area contributed by atoms with Gasteiger partial charge in [-0.15, -0.1) is 10.2 Å². The summed E-state index contributed by atoms with van der Waals surface area (Å²) in [7, 11) is 0. The molecule has 3 aromatic rings. The summed E-state index contributed by atoms with van der Waals surface area (Å²) in [6, 6.07) is 5.17. The van der Waals surface area contributed by atoms with Crippen LogP contribution in [0.5, 0.6) is 0 Å². The second-order valence-corrected chi connectivity index (χ2v) is 4.50. The third-order valence-corrected chi connectivity index (χ3v) is 3.07. The van der Waals surface area contributed by atoms with Crippen molar-refractivity contribution in [2.24, 2.45) is 0 Å². The smallest absolute Gasteiger partial charge is 0.189 e. The van der Waals surface area contributed by atoms with E-state index in [9.17, 15) is 0 Å². The molecule has 0 spiro atoms. The Morgan fingerprint density at radius 2 is 2.00 bits per heavy atom. The molecule has 90 valence electrons. The van der Waals surface area contributed by atoms with Gasteiger partial charge in [-0.3, -0.25) is 4.40 Å². The van der Waals surface area contributed by atoms with Crippen molar-refractivity contribution in [2.45, 2.75) is 0 Å². The number of anilines is 1. The SMILES string of the molecule is Nc1nnc(-c2ccc(Cl)cc2Cl)n2ccnc12. The molecule has 0 saturated carbocycles. The average molecular weight is 280 g/mol. The van der Waals surface area contributed by atoms with E-state index in [4.69, 9.17) is 28.9 Å². The first-order valence-electron chi connectivity index (χ1n) is 5.07. The van der Waals surface area contributed by atoms with Crippen molar-refractivity contribution in [2.75, 3.05) is 5.73 Å². The topological polar surface area (TPSA) is 69.1 Å². The lowest BCUT2D eigenvalue weighted by Gasteiger charge is -2.07. The minimum atomic E-state index is 0.272. The van der Waals surface area contributed by atoms with E-state index in [2.05, 4.69) is 15.2 Å². The Hall–Kier alpha value is -1.85. The molecule has 0 bridgehead atoms. The van der Waals surface area contributed by atoms with Crippen molar-refractivity contribution in [3.05, 3.63) is 40.6 Å². The van der Waals surface area contributed by atoms with Crippen molar-refractivity contribution >= 4 is 34.7 Å². The number of benzene rings is 1. The summed E-state index contributed by atoms with van der Waals surface area (Å²) in [5.74, 6) is 0.840. The highest BCUT2D eigenvalue weighted by Crippen LogP contribution is 2.29. The zero-order valence-electron chi connectivity index (χ0n) is 9.01. The van der Waals surface area contributed by atoms with E-state index in [0.717, 1.165) is 5.56 Å². The third-order valence-electron chi connectivity index (χ3n) is 2.52. The fourth-order valence-corrected chi connectivity index (χ4v) is 2.21. The lowest BCUT2D eigenvalue weighted by atomic mass is 10.2. The zero-order valence-corrected chi connectivity index (χ0v) is 10.5. The van der Waals surface area contributed by atoms with Crippen LogP contribution in [0.15, 0.2) is 30.6 Å². The van der Waals surface area contributed by atoms with Crippen molar-refractivity contribution in [1.29, 1.82) is 0 Å². The summed E-state index contributed by atoms with van der Waals surface area (Å²) in [5, 5.41) is 8.99. The minimum Gasteiger partial charge on any atom is -0.379 e. The number of imidazole rings is 1. The zero-order chi connectivity index (χ0) is 12.7. The van der Waals surface area contributed by atoms with Crippen LogP contribution in [-0.2, 0) is 0 Å². The van der Waals surface area contributed by atoms with Gasteiger partial charge in [-0.05, 0) is 18.2 Å². The van der Waals surface area contributed by atoms with Gasteiger partial charge in [0, 0.05) is 23.0 Å². The summed E-state index contributed by atoms with van der Waals surface area (Å²) < 4.78 is 1.73. The molecule has 7 heteroatoms. The fraction of sp³-hybridized carbons (Fsp3) is 0. The van der Waals surface area contributed by atoms with Gasteiger partial charge in [0.05, 0.1) is 5.02 Å². The average Bonchev–Trinajstić information content (AvgIpc) is 2.81. The van der Waals surface area contributed by atoms with E-state index in [1.165, 1.54) is 0 Å². The van der Waals surface area contributed by atoms with Crippen molar-refractivity contribution < 1.29 is 0 Å². The van der Waals surface area contributed by atoms with Crippen LogP contribution < -0.4 is 5.73 Å². The number of hydrogen-bond acceptors (Lipinski definition) is 4. The van der Waals surface area contributed by atoms with E-state index >= 15 is 0 Å². The molecule has 0 radical (unpaired) electrons. The molecule has 0 saturated heterocycles. The first-order chi connectivity index (χ1) is 8.66. The summed E-state index contributed by atoms with van der Waals surface area (Å²) >= 11 is 12.0. The van der Waals surface area contributed by atoms with Crippen molar-refractivity contribution in [3.8, 4) is 11.4 Å². The number of nitrogens with zero attached hydrogens (tertiary/aromatic N) is 4. The maximum Gasteiger partial charge on any atom is 0.189 e. The molecule has 0 unspecified atom stereocenters. The van der Waals surface area contributed by atoms with Crippen LogP contribution in [0.1, 0.15) is 0 Å². The predicted molar refractivity (Wildman–Crippen MR) is 70.7 cm³/mol. The Balaban J connectivity index is 2.32. The molecule has 0 aliphatic carbocycles. The number of rotatable bonds is 1.